The third kappa shape index (κ3) is 3.65. The highest BCUT2D eigenvalue weighted by Crippen LogP contribution is 2.62. The average molecular weight is 385 g/mol. The summed E-state index contributed by atoms with van der Waals surface area (Å²) in [5.74, 6) is 3.41. The van der Waals surface area contributed by atoms with Crippen molar-refractivity contribution in [3.63, 3.8) is 0 Å². The second kappa shape index (κ2) is 8.00. The van der Waals surface area contributed by atoms with Crippen LogP contribution in [0.4, 0.5) is 0 Å². The molecule has 28 heavy (non-hydrogen) atoms. The second-order valence-electron chi connectivity index (χ2n) is 8.99. The minimum Gasteiger partial charge on any atom is -0.441 e. The molecule has 4 saturated carbocycles. The van der Waals surface area contributed by atoms with Crippen LogP contribution in [0, 0.1) is 17.8 Å². The predicted molar refractivity (Wildman–Crippen MR) is 109 cm³/mol. The highest BCUT2D eigenvalue weighted by molar-refractivity contribution is 5.81. The fraction of sp³-hybridized carbons (Fsp3) is 0.625. The zero-order chi connectivity index (χ0) is 19.7. The number of hydrogen-bond donors (Lipinski definition) is 0. The van der Waals surface area contributed by atoms with Crippen molar-refractivity contribution >= 4 is 11.9 Å². The first-order chi connectivity index (χ1) is 13.6. The van der Waals surface area contributed by atoms with Crippen LogP contribution in [-0.2, 0) is 19.7 Å². The maximum atomic E-state index is 11.0. The van der Waals surface area contributed by atoms with Gasteiger partial charge in [0.2, 0.25) is 0 Å². The average Bonchev–Trinajstić information content (AvgIpc) is 2.67. The molecule has 1 aromatic rings. The molecule has 0 saturated heterocycles. The van der Waals surface area contributed by atoms with Crippen LogP contribution in [0.25, 0.3) is 5.57 Å². The van der Waals surface area contributed by atoms with Gasteiger partial charge in [0.25, 0.3) is 0 Å². The molecule has 0 radical (unpaired) electrons. The first kappa shape index (κ1) is 19.7. The maximum absolute atomic E-state index is 11.0. The Bertz CT molecular complexity index is 716. The number of hydrogen-bond acceptors (Lipinski definition) is 4. The van der Waals surface area contributed by atoms with E-state index in [-0.39, 0.29) is 5.41 Å². The highest BCUT2D eigenvalue weighted by Gasteiger charge is 2.52. The molecule has 0 aromatic heterocycles. The molecule has 152 valence electrons. The number of ether oxygens (including phenoxy) is 3. The minimum absolute atomic E-state index is 0.187. The lowest BCUT2D eigenvalue weighted by atomic mass is 9.48. The number of carbonyl (C=O) groups excluding carboxylic acids is 1. The second-order valence-corrected chi connectivity index (χ2v) is 8.99. The van der Waals surface area contributed by atoms with E-state index < -0.39 is 6.48 Å². The molecule has 4 aliphatic carbocycles. The Kier molecular flexibility index (Phi) is 5.62. The van der Waals surface area contributed by atoms with Crippen LogP contribution in [0.5, 0.6) is 5.75 Å². The van der Waals surface area contributed by atoms with Crippen LogP contribution < -0.4 is 4.74 Å². The van der Waals surface area contributed by atoms with Crippen molar-refractivity contribution in [1.29, 1.82) is 0 Å². The van der Waals surface area contributed by atoms with E-state index in [4.69, 9.17) is 14.2 Å². The Labute approximate surface area is 168 Å². The number of aldehydes is 1. The summed E-state index contributed by atoms with van der Waals surface area (Å²) < 4.78 is 17.2. The molecule has 1 unspecified atom stereocenters. The van der Waals surface area contributed by atoms with Gasteiger partial charge >= 0.3 is 6.48 Å². The summed E-state index contributed by atoms with van der Waals surface area (Å²) in [4.78, 5) is 11.0. The topological polar surface area (TPSA) is 44.8 Å². The van der Waals surface area contributed by atoms with E-state index in [2.05, 4.69) is 6.07 Å². The van der Waals surface area contributed by atoms with Crippen molar-refractivity contribution < 1.29 is 19.0 Å². The van der Waals surface area contributed by atoms with Gasteiger partial charge < -0.3 is 14.2 Å². The molecule has 0 N–H and O–H groups in total. The molecule has 4 bridgehead atoms. The Hall–Kier alpha value is -1.65. The van der Waals surface area contributed by atoms with Crippen molar-refractivity contribution in [1.82, 2.24) is 0 Å². The minimum atomic E-state index is -0.699. The summed E-state index contributed by atoms with van der Waals surface area (Å²) in [5.41, 5.74) is 3.55. The highest BCUT2D eigenvalue weighted by atomic mass is 16.8. The SMILES string of the molecule is CCOC(OC)Oc1ccc(/C(C)=C\C=O)cc1C12CC3CC(CC(C3)C1)C2. The van der Waals surface area contributed by atoms with Crippen molar-refractivity contribution in [3.05, 3.63) is 35.4 Å². The molecule has 0 amide bonds. The quantitative estimate of drug-likeness (QED) is 0.355. The molecule has 4 nitrogen and oxygen atoms in total. The molecule has 1 aromatic carbocycles. The molecule has 0 heterocycles. The van der Waals surface area contributed by atoms with Crippen LogP contribution in [0.1, 0.15) is 63.5 Å². The Morgan fingerprint density at radius 3 is 2.36 bits per heavy atom. The fourth-order valence-electron chi connectivity index (χ4n) is 6.32. The van der Waals surface area contributed by atoms with Crippen LogP contribution in [0.3, 0.4) is 0 Å². The molecular formula is C24H32O4. The van der Waals surface area contributed by atoms with Gasteiger partial charge in [-0.2, -0.15) is 0 Å². The zero-order valence-corrected chi connectivity index (χ0v) is 17.3. The van der Waals surface area contributed by atoms with Gasteiger partial charge in [-0.1, -0.05) is 6.07 Å². The molecule has 5 rings (SSSR count). The summed E-state index contributed by atoms with van der Waals surface area (Å²) in [6.45, 7) is 3.76. The van der Waals surface area contributed by atoms with E-state index in [0.29, 0.717) is 6.61 Å². The molecule has 4 fully saturated rings. The van der Waals surface area contributed by atoms with E-state index in [1.54, 1.807) is 13.2 Å². The van der Waals surface area contributed by atoms with Gasteiger partial charge in [0.05, 0.1) is 6.61 Å². The van der Waals surface area contributed by atoms with Gasteiger partial charge in [-0.3, -0.25) is 4.79 Å². The van der Waals surface area contributed by atoms with Crippen LogP contribution in [0.2, 0.25) is 0 Å². The monoisotopic (exact) mass is 384 g/mol. The van der Waals surface area contributed by atoms with E-state index >= 15 is 0 Å². The normalized spacial score (nSPS) is 32.4. The van der Waals surface area contributed by atoms with Crippen molar-refractivity contribution in [2.75, 3.05) is 13.7 Å². The van der Waals surface area contributed by atoms with Crippen LogP contribution in [-0.4, -0.2) is 26.5 Å². The van der Waals surface area contributed by atoms with Gasteiger partial charge in [-0.15, -0.1) is 0 Å². The lowest BCUT2D eigenvalue weighted by molar-refractivity contribution is -0.231. The molecular weight excluding hydrogens is 352 g/mol. The van der Waals surface area contributed by atoms with Crippen molar-refractivity contribution in [2.45, 2.75) is 64.3 Å². The van der Waals surface area contributed by atoms with E-state index in [1.165, 1.54) is 44.1 Å². The molecule has 1 atom stereocenters. The molecule has 0 aliphatic heterocycles. The lowest BCUT2D eigenvalue weighted by Crippen LogP contribution is -2.48. The van der Waals surface area contributed by atoms with Crippen molar-refractivity contribution in [2.24, 2.45) is 17.8 Å². The van der Waals surface area contributed by atoms with Crippen LogP contribution in [0.15, 0.2) is 24.3 Å². The standard InChI is InChI=1S/C24H32O4/c1-4-27-23(26-3)28-22-6-5-20(16(2)7-8-25)12-21(22)24-13-17-9-18(14-24)11-19(10-17)15-24/h5-8,12,17-19,23H,4,9-11,13-15H2,1-3H3/b16-7-. The Morgan fingerprint density at radius 2 is 1.82 bits per heavy atom. The van der Waals surface area contributed by atoms with Gasteiger partial charge in [-0.05, 0) is 105 Å². The van der Waals surface area contributed by atoms with Crippen molar-refractivity contribution in [3.8, 4) is 5.75 Å². The zero-order valence-electron chi connectivity index (χ0n) is 17.3. The van der Waals surface area contributed by atoms with Gasteiger partial charge in [0.15, 0.2) is 0 Å². The number of methoxy groups -OCH3 is 1. The first-order valence-electron chi connectivity index (χ1n) is 10.6. The number of rotatable bonds is 8. The third-order valence-electron chi connectivity index (χ3n) is 7.08. The van der Waals surface area contributed by atoms with Gasteiger partial charge in [0, 0.05) is 12.7 Å². The number of carbonyl (C=O) groups is 1. The summed E-state index contributed by atoms with van der Waals surface area (Å²) in [6, 6.07) is 6.33. The van der Waals surface area contributed by atoms with Gasteiger partial charge in [0.1, 0.15) is 12.0 Å². The summed E-state index contributed by atoms with van der Waals surface area (Å²) in [5, 5.41) is 0. The molecule has 0 spiro atoms. The first-order valence-corrected chi connectivity index (χ1v) is 10.6. The van der Waals surface area contributed by atoms with Gasteiger partial charge in [-0.25, -0.2) is 0 Å². The number of benzene rings is 1. The maximum Gasteiger partial charge on any atom is 0.315 e. The van der Waals surface area contributed by atoms with E-state index in [0.717, 1.165) is 40.9 Å². The molecule has 4 aliphatic rings. The Morgan fingerprint density at radius 1 is 1.18 bits per heavy atom. The summed E-state index contributed by atoms with van der Waals surface area (Å²) in [7, 11) is 1.61. The summed E-state index contributed by atoms with van der Waals surface area (Å²) in [6.07, 6.45) is 10.5. The predicted octanol–water partition coefficient (Wildman–Crippen LogP) is 5.10. The largest absolute Gasteiger partial charge is 0.441 e. The fourth-order valence-corrected chi connectivity index (χ4v) is 6.32. The smallest absolute Gasteiger partial charge is 0.315 e. The molecule has 4 heteroatoms. The lowest BCUT2D eigenvalue weighted by Gasteiger charge is -2.57. The van der Waals surface area contributed by atoms with E-state index in [9.17, 15) is 4.79 Å². The Balaban J connectivity index is 1.75. The summed E-state index contributed by atoms with van der Waals surface area (Å²) >= 11 is 0. The third-order valence-corrected chi connectivity index (χ3v) is 7.08. The van der Waals surface area contributed by atoms with Crippen LogP contribution >= 0.6 is 0 Å². The van der Waals surface area contributed by atoms with E-state index in [1.807, 2.05) is 26.0 Å². The number of allylic oxidation sites excluding steroid dienone is 2.